The Morgan fingerprint density at radius 3 is 2.15 bits per heavy atom. The Bertz CT molecular complexity index is 1190. The Balaban J connectivity index is 1.44. The molecule has 4 fully saturated rings. The van der Waals surface area contributed by atoms with E-state index < -0.39 is 52.8 Å². The lowest BCUT2D eigenvalue weighted by atomic mass is 9.49. The van der Waals surface area contributed by atoms with Crippen molar-refractivity contribution in [2.75, 3.05) is 13.2 Å². The molecule has 0 aromatic heterocycles. The summed E-state index contributed by atoms with van der Waals surface area (Å²) < 4.78 is 83.9. The minimum Gasteiger partial charge on any atom is -0.385 e. The van der Waals surface area contributed by atoms with Crippen LogP contribution in [0.4, 0.5) is 22.0 Å². The number of halogens is 5. The molecule has 2 N–H and O–H groups in total. The molecule has 4 nitrogen and oxygen atoms in total. The second-order valence-corrected chi connectivity index (χ2v) is 14.1. The molecule has 1 aliphatic heterocycles. The van der Waals surface area contributed by atoms with Gasteiger partial charge < -0.3 is 19.7 Å². The normalized spacial score (nSPS) is 40.9. The van der Waals surface area contributed by atoms with Gasteiger partial charge in [0.1, 0.15) is 5.60 Å². The van der Waals surface area contributed by atoms with Gasteiger partial charge >= 0.3 is 12.1 Å². The van der Waals surface area contributed by atoms with Gasteiger partial charge in [-0.3, -0.25) is 0 Å². The summed E-state index contributed by atoms with van der Waals surface area (Å²) in [5.74, 6) is -7.50. The van der Waals surface area contributed by atoms with E-state index in [0.29, 0.717) is 38.9 Å². The van der Waals surface area contributed by atoms with Crippen LogP contribution in [0.2, 0.25) is 0 Å². The van der Waals surface area contributed by atoms with E-state index in [2.05, 4.69) is 13.8 Å². The maximum Gasteiger partial charge on any atom is 0.456 e. The molecule has 1 saturated heterocycles. The highest BCUT2D eigenvalue weighted by atomic mass is 19.4. The molecule has 5 aliphatic rings. The van der Waals surface area contributed by atoms with Crippen LogP contribution in [0.1, 0.15) is 83.6 Å². The summed E-state index contributed by atoms with van der Waals surface area (Å²) in [6.07, 6.45) is -4.38. The number of hydrogen-bond donors (Lipinski definition) is 2. The van der Waals surface area contributed by atoms with E-state index in [1.807, 2.05) is 30.3 Å². The maximum atomic E-state index is 15.1. The Kier molecular flexibility index (Phi) is 6.24. The highest BCUT2D eigenvalue weighted by Gasteiger charge is 2.79. The minimum absolute atomic E-state index is 0.0540. The lowest BCUT2D eigenvalue weighted by Crippen LogP contribution is -2.65. The fourth-order valence-electron chi connectivity index (χ4n) is 8.99. The molecule has 9 heteroatoms. The average molecular weight is 571 g/mol. The first kappa shape index (κ1) is 28.6. The summed E-state index contributed by atoms with van der Waals surface area (Å²) in [5, 5.41) is 23.5. The van der Waals surface area contributed by atoms with E-state index in [1.165, 1.54) is 6.92 Å². The van der Waals surface area contributed by atoms with Crippen LogP contribution in [0.25, 0.3) is 0 Å². The summed E-state index contributed by atoms with van der Waals surface area (Å²) in [5.41, 5.74) is -3.60. The van der Waals surface area contributed by atoms with Gasteiger partial charge in [0.15, 0.2) is 5.79 Å². The zero-order valence-electron chi connectivity index (χ0n) is 23.3. The molecule has 6 rings (SSSR count). The van der Waals surface area contributed by atoms with Crippen LogP contribution >= 0.6 is 0 Å². The monoisotopic (exact) mass is 570 g/mol. The topological polar surface area (TPSA) is 58.9 Å². The predicted molar refractivity (Wildman–Crippen MR) is 138 cm³/mol. The van der Waals surface area contributed by atoms with Crippen LogP contribution in [0.5, 0.6) is 0 Å². The van der Waals surface area contributed by atoms with Crippen molar-refractivity contribution in [2.45, 2.75) is 107 Å². The molecule has 222 valence electrons. The van der Waals surface area contributed by atoms with Crippen LogP contribution in [0.15, 0.2) is 41.5 Å². The van der Waals surface area contributed by atoms with Crippen molar-refractivity contribution in [3.8, 4) is 0 Å². The van der Waals surface area contributed by atoms with Gasteiger partial charge in [0, 0.05) is 29.6 Å². The summed E-state index contributed by atoms with van der Waals surface area (Å²) in [6, 6.07) is 9.21. The average Bonchev–Trinajstić information content (AvgIpc) is 3.16. The zero-order valence-corrected chi connectivity index (χ0v) is 23.3. The van der Waals surface area contributed by atoms with E-state index in [0.717, 1.165) is 16.7 Å². The van der Waals surface area contributed by atoms with Crippen molar-refractivity contribution in [3.05, 3.63) is 47.0 Å². The third kappa shape index (κ3) is 3.89. The summed E-state index contributed by atoms with van der Waals surface area (Å²) in [6.45, 7) is 6.58. The zero-order chi connectivity index (χ0) is 29.0. The van der Waals surface area contributed by atoms with E-state index >= 15 is 8.78 Å². The van der Waals surface area contributed by atoms with Gasteiger partial charge in [-0.05, 0) is 61.5 Å². The number of hydrogen-bond acceptors (Lipinski definition) is 4. The molecule has 0 bridgehead atoms. The lowest BCUT2D eigenvalue weighted by molar-refractivity contribution is -0.362. The molecule has 0 amide bonds. The Hall–Kier alpha value is -1.55. The molecule has 1 aromatic rings. The third-order valence-electron chi connectivity index (χ3n) is 11.1. The SMILES string of the molecule is CC1(C)COC2(CCC3=C4C(CCC3(O)C2)C2CCC(O)(C(F)(F)C(F)(F)F)[C@@]2(C)C[C@@H]4c2ccccc2)OC1. The molecule has 4 unspecified atom stereocenters. The first-order valence-corrected chi connectivity index (χ1v) is 14.4. The molecule has 1 heterocycles. The van der Waals surface area contributed by atoms with Crippen LogP contribution in [-0.4, -0.2) is 52.5 Å². The molecule has 0 radical (unpaired) electrons. The summed E-state index contributed by atoms with van der Waals surface area (Å²) >= 11 is 0. The number of ether oxygens (including phenoxy) is 2. The Morgan fingerprint density at radius 2 is 1.52 bits per heavy atom. The van der Waals surface area contributed by atoms with Gasteiger partial charge in [0.2, 0.25) is 0 Å². The second-order valence-electron chi connectivity index (χ2n) is 14.1. The van der Waals surface area contributed by atoms with Crippen molar-refractivity contribution in [1.29, 1.82) is 0 Å². The molecule has 40 heavy (non-hydrogen) atoms. The van der Waals surface area contributed by atoms with E-state index in [9.17, 15) is 23.4 Å². The lowest BCUT2D eigenvalue weighted by Gasteiger charge is -2.59. The van der Waals surface area contributed by atoms with Crippen molar-refractivity contribution in [1.82, 2.24) is 0 Å². The number of allylic oxidation sites excluding steroid dienone is 1. The molecule has 1 spiro atoms. The summed E-state index contributed by atoms with van der Waals surface area (Å²) in [4.78, 5) is 0. The number of aliphatic hydroxyl groups is 2. The highest BCUT2D eigenvalue weighted by Crippen LogP contribution is 2.71. The Labute approximate surface area is 231 Å². The van der Waals surface area contributed by atoms with Gasteiger partial charge in [0.25, 0.3) is 0 Å². The van der Waals surface area contributed by atoms with E-state index in [1.54, 1.807) is 0 Å². The smallest absolute Gasteiger partial charge is 0.385 e. The fraction of sp³-hybridized carbons (Fsp3) is 0.742. The first-order chi connectivity index (χ1) is 18.5. The standard InChI is InChI=1S/C31H39F5O4/c1-25(2)17-39-28(40-18-25)13-10-23-24-20(9-12-27(23,37)16-28)22-11-14-29(38,30(32,33)31(34,35)36)26(22,3)15-21(24)19-7-5-4-6-8-19/h4-8,20-22,37-38H,9-18H2,1-3H3/t20?,21-,22?,26+,27?,29?/m1/s1. The van der Waals surface area contributed by atoms with E-state index in [4.69, 9.17) is 9.47 Å². The fourth-order valence-corrected chi connectivity index (χ4v) is 8.99. The number of benzene rings is 1. The van der Waals surface area contributed by atoms with Crippen molar-refractivity contribution in [2.24, 2.45) is 22.7 Å². The quantitative estimate of drug-likeness (QED) is 0.300. The Morgan fingerprint density at radius 1 is 0.875 bits per heavy atom. The second kappa shape index (κ2) is 8.74. The minimum atomic E-state index is -5.86. The van der Waals surface area contributed by atoms with Crippen LogP contribution in [0, 0.1) is 22.7 Å². The van der Waals surface area contributed by atoms with E-state index in [-0.39, 0.29) is 30.6 Å². The summed E-state index contributed by atoms with van der Waals surface area (Å²) in [7, 11) is 0. The van der Waals surface area contributed by atoms with Gasteiger partial charge in [-0.15, -0.1) is 0 Å². The van der Waals surface area contributed by atoms with Crippen LogP contribution < -0.4 is 0 Å². The molecule has 1 aromatic carbocycles. The van der Waals surface area contributed by atoms with Gasteiger partial charge in [-0.1, -0.05) is 56.7 Å². The van der Waals surface area contributed by atoms with Crippen molar-refractivity contribution in [3.63, 3.8) is 0 Å². The first-order valence-electron chi connectivity index (χ1n) is 14.4. The van der Waals surface area contributed by atoms with Crippen molar-refractivity contribution >= 4 is 0 Å². The molecule has 3 saturated carbocycles. The molecular formula is C31H39F5O4. The largest absolute Gasteiger partial charge is 0.456 e. The van der Waals surface area contributed by atoms with Crippen LogP contribution in [-0.2, 0) is 9.47 Å². The molecular weight excluding hydrogens is 531 g/mol. The number of alkyl halides is 5. The number of fused-ring (bicyclic) bond motifs is 4. The molecule has 4 aliphatic carbocycles. The maximum absolute atomic E-state index is 15.1. The predicted octanol–water partition coefficient (Wildman–Crippen LogP) is 6.91. The van der Waals surface area contributed by atoms with Crippen LogP contribution in [0.3, 0.4) is 0 Å². The van der Waals surface area contributed by atoms with Gasteiger partial charge in [0.05, 0.1) is 18.8 Å². The van der Waals surface area contributed by atoms with Crippen molar-refractivity contribution < 1.29 is 41.6 Å². The number of rotatable bonds is 2. The van der Waals surface area contributed by atoms with Gasteiger partial charge in [-0.25, -0.2) is 0 Å². The highest BCUT2D eigenvalue weighted by molar-refractivity contribution is 5.44. The van der Waals surface area contributed by atoms with Gasteiger partial charge in [-0.2, -0.15) is 22.0 Å². The third-order valence-corrected chi connectivity index (χ3v) is 11.1. The molecule has 6 atom stereocenters.